The van der Waals surface area contributed by atoms with Crippen LogP contribution in [0.3, 0.4) is 0 Å². The standard InChI is InChI=1S/C17H17NO3/c1-12-4-2-5-13(10-12)11-20-15-6-3-7-16-17(15)14(8-9-19)18-21-16/h2-7,10,19H,8-9,11H2,1H3. The van der Waals surface area contributed by atoms with Gasteiger partial charge in [0, 0.05) is 13.0 Å². The van der Waals surface area contributed by atoms with Gasteiger partial charge in [-0.3, -0.25) is 0 Å². The number of fused-ring (bicyclic) bond motifs is 1. The van der Waals surface area contributed by atoms with E-state index in [1.54, 1.807) is 0 Å². The molecule has 21 heavy (non-hydrogen) atoms. The van der Waals surface area contributed by atoms with Crippen LogP contribution in [0.5, 0.6) is 5.75 Å². The Morgan fingerprint density at radius 2 is 2.05 bits per heavy atom. The highest BCUT2D eigenvalue weighted by molar-refractivity contribution is 5.86. The van der Waals surface area contributed by atoms with Crippen LogP contribution in [0.4, 0.5) is 0 Å². The smallest absolute Gasteiger partial charge is 0.170 e. The number of hydrogen-bond acceptors (Lipinski definition) is 4. The third-order valence-corrected chi connectivity index (χ3v) is 3.36. The first kappa shape index (κ1) is 13.6. The number of aliphatic hydroxyl groups excluding tert-OH is 1. The van der Waals surface area contributed by atoms with E-state index in [-0.39, 0.29) is 6.61 Å². The Hall–Kier alpha value is -2.33. The van der Waals surface area contributed by atoms with Gasteiger partial charge >= 0.3 is 0 Å². The van der Waals surface area contributed by atoms with Crippen molar-refractivity contribution in [3.8, 4) is 5.75 Å². The maximum absolute atomic E-state index is 9.10. The average Bonchev–Trinajstić information content (AvgIpc) is 2.90. The summed E-state index contributed by atoms with van der Waals surface area (Å²) in [6, 6.07) is 13.8. The summed E-state index contributed by atoms with van der Waals surface area (Å²) in [5, 5.41) is 14.0. The molecule has 4 heteroatoms. The Bertz CT molecular complexity index is 749. The first-order valence-corrected chi connectivity index (χ1v) is 6.94. The van der Waals surface area contributed by atoms with E-state index in [0.717, 1.165) is 22.4 Å². The predicted octanol–water partition coefficient (Wildman–Crippen LogP) is 3.25. The minimum atomic E-state index is 0.0356. The van der Waals surface area contributed by atoms with Crippen LogP contribution in [-0.2, 0) is 13.0 Å². The predicted molar refractivity (Wildman–Crippen MR) is 80.3 cm³/mol. The molecular formula is C17H17NO3. The second kappa shape index (κ2) is 5.97. The Labute approximate surface area is 123 Å². The summed E-state index contributed by atoms with van der Waals surface area (Å²) in [5.74, 6) is 0.735. The van der Waals surface area contributed by atoms with E-state index in [1.807, 2.05) is 30.3 Å². The fourth-order valence-corrected chi connectivity index (χ4v) is 2.38. The molecule has 0 saturated carbocycles. The fraction of sp³-hybridized carbons (Fsp3) is 0.235. The van der Waals surface area contributed by atoms with Crippen LogP contribution in [0, 0.1) is 6.92 Å². The molecule has 3 aromatic rings. The summed E-state index contributed by atoms with van der Waals surface area (Å²) in [4.78, 5) is 0. The topological polar surface area (TPSA) is 55.5 Å². The van der Waals surface area contributed by atoms with E-state index in [4.69, 9.17) is 14.4 Å². The molecule has 1 N–H and O–H groups in total. The lowest BCUT2D eigenvalue weighted by Crippen LogP contribution is -1.98. The van der Waals surface area contributed by atoms with Crippen molar-refractivity contribution >= 4 is 11.0 Å². The number of rotatable bonds is 5. The second-order valence-corrected chi connectivity index (χ2v) is 5.01. The number of hydrogen-bond donors (Lipinski definition) is 1. The van der Waals surface area contributed by atoms with E-state index in [9.17, 15) is 0 Å². The van der Waals surface area contributed by atoms with E-state index in [2.05, 4.69) is 24.2 Å². The van der Waals surface area contributed by atoms with Crippen molar-refractivity contribution in [1.29, 1.82) is 0 Å². The molecular weight excluding hydrogens is 266 g/mol. The number of ether oxygens (including phenoxy) is 1. The van der Waals surface area contributed by atoms with Crippen molar-refractivity contribution in [3.05, 3.63) is 59.3 Å². The van der Waals surface area contributed by atoms with Gasteiger partial charge in [-0.2, -0.15) is 0 Å². The van der Waals surface area contributed by atoms with Gasteiger partial charge in [-0.05, 0) is 24.6 Å². The summed E-state index contributed by atoms with van der Waals surface area (Å²) in [5.41, 5.74) is 3.74. The molecule has 4 nitrogen and oxygen atoms in total. The van der Waals surface area contributed by atoms with E-state index in [1.165, 1.54) is 5.56 Å². The molecule has 0 aliphatic heterocycles. The molecule has 0 atom stereocenters. The molecule has 0 saturated heterocycles. The van der Waals surface area contributed by atoms with Crippen LogP contribution < -0.4 is 4.74 Å². The van der Waals surface area contributed by atoms with Crippen LogP contribution in [0.25, 0.3) is 11.0 Å². The van der Waals surface area contributed by atoms with E-state index in [0.29, 0.717) is 18.6 Å². The highest BCUT2D eigenvalue weighted by Gasteiger charge is 2.13. The molecule has 108 valence electrons. The number of aliphatic hydroxyl groups is 1. The van der Waals surface area contributed by atoms with Gasteiger partial charge in [0.1, 0.15) is 12.4 Å². The fourth-order valence-electron chi connectivity index (χ4n) is 2.38. The number of nitrogens with zero attached hydrogens (tertiary/aromatic N) is 1. The molecule has 3 rings (SSSR count). The lowest BCUT2D eigenvalue weighted by molar-refractivity contribution is 0.294. The number of benzene rings is 2. The van der Waals surface area contributed by atoms with Crippen LogP contribution in [0.1, 0.15) is 16.8 Å². The molecule has 0 spiro atoms. The van der Waals surface area contributed by atoms with Crippen molar-refractivity contribution in [3.63, 3.8) is 0 Å². The molecule has 0 aliphatic carbocycles. The average molecular weight is 283 g/mol. The zero-order valence-electron chi connectivity index (χ0n) is 11.9. The van der Waals surface area contributed by atoms with Gasteiger partial charge in [-0.1, -0.05) is 41.1 Å². The molecule has 0 fully saturated rings. The zero-order chi connectivity index (χ0) is 14.7. The maximum Gasteiger partial charge on any atom is 0.170 e. The van der Waals surface area contributed by atoms with Gasteiger partial charge in [0.05, 0.1) is 11.1 Å². The molecule has 0 radical (unpaired) electrons. The summed E-state index contributed by atoms with van der Waals surface area (Å²) < 4.78 is 11.2. The normalized spacial score (nSPS) is 11.0. The molecule has 0 unspecified atom stereocenters. The summed E-state index contributed by atoms with van der Waals surface area (Å²) in [6.07, 6.45) is 0.456. The quantitative estimate of drug-likeness (QED) is 0.781. The molecule has 1 heterocycles. The van der Waals surface area contributed by atoms with Crippen molar-refractivity contribution in [2.45, 2.75) is 20.0 Å². The van der Waals surface area contributed by atoms with Crippen LogP contribution in [-0.4, -0.2) is 16.9 Å². The molecule has 0 bridgehead atoms. The zero-order valence-corrected chi connectivity index (χ0v) is 11.9. The van der Waals surface area contributed by atoms with Crippen molar-refractivity contribution in [2.24, 2.45) is 0 Å². The highest BCUT2D eigenvalue weighted by Crippen LogP contribution is 2.29. The molecule has 0 aliphatic rings. The monoisotopic (exact) mass is 283 g/mol. The second-order valence-electron chi connectivity index (χ2n) is 5.01. The number of aryl methyl sites for hydroxylation is 1. The first-order valence-electron chi connectivity index (χ1n) is 6.94. The Kier molecular flexibility index (Phi) is 3.88. The number of aromatic nitrogens is 1. The Morgan fingerprint density at radius 1 is 1.19 bits per heavy atom. The van der Waals surface area contributed by atoms with Gasteiger partial charge < -0.3 is 14.4 Å². The Balaban J connectivity index is 1.88. The van der Waals surface area contributed by atoms with Gasteiger partial charge in [0.15, 0.2) is 5.58 Å². The SMILES string of the molecule is Cc1cccc(COc2cccc3onc(CCO)c23)c1. The van der Waals surface area contributed by atoms with Crippen LogP contribution in [0.15, 0.2) is 47.0 Å². The molecule has 1 aromatic heterocycles. The summed E-state index contributed by atoms with van der Waals surface area (Å²) >= 11 is 0. The van der Waals surface area contributed by atoms with Gasteiger partial charge in [-0.15, -0.1) is 0 Å². The van der Waals surface area contributed by atoms with E-state index >= 15 is 0 Å². The van der Waals surface area contributed by atoms with E-state index < -0.39 is 0 Å². The van der Waals surface area contributed by atoms with Gasteiger partial charge in [-0.25, -0.2) is 0 Å². The Morgan fingerprint density at radius 3 is 2.86 bits per heavy atom. The highest BCUT2D eigenvalue weighted by atomic mass is 16.5. The summed E-state index contributed by atoms with van der Waals surface area (Å²) in [7, 11) is 0. The molecule has 2 aromatic carbocycles. The lowest BCUT2D eigenvalue weighted by atomic mass is 10.1. The first-order chi connectivity index (χ1) is 10.3. The van der Waals surface area contributed by atoms with Crippen LogP contribution >= 0.6 is 0 Å². The van der Waals surface area contributed by atoms with Crippen molar-refractivity contribution < 1.29 is 14.4 Å². The van der Waals surface area contributed by atoms with Gasteiger partial charge in [0.2, 0.25) is 0 Å². The molecule has 0 amide bonds. The van der Waals surface area contributed by atoms with Crippen molar-refractivity contribution in [1.82, 2.24) is 5.16 Å². The lowest BCUT2D eigenvalue weighted by Gasteiger charge is -2.08. The van der Waals surface area contributed by atoms with Gasteiger partial charge in [0.25, 0.3) is 0 Å². The van der Waals surface area contributed by atoms with Crippen molar-refractivity contribution in [2.75, 3.05) is 6.61 Å². The maximum atomic E-state index is 9.10. The minimum Gasteiger partial charge on any atom is -0.488 e. The van der Waals surface area contributed by atoms with Crippen LogP contribution in [0.2, 0.25) is 0 Å². The third-order valence-electron chi connectivity index (χ3n) is 3.36. The third kappa shape index (κ3) is 2.90. The largest absolute Gasteiger partial charge is 0.488 e. The summed E-state index contributed by atoms with van der Waals surface area (Å²) in [6.45, 7) is 2.59. The minimum absolute atomic E-state index is 0.0356.